The SMILES string of the molecule is CC1COCC1CC(=O)c1ccc2cc3n(c2c1)C1(CCC1)CNC3=O. The number of ketones is 1. The Labute approximate surface area is 152 Å². The van der Waals surface area contributed by atoms with Gasteiger partial charge in [-0.05, 0) is 43.2 Å². The molecule has 1 aliphatic carbocycles. The summed E-state index contributed by atoms with van der Waals surface area (Å²) in [4.78, 5) is 25.2. The fourth-order valence-electron chi connectivity index (χ4n) is 4.77. The molecule has 136 valence electrons. The quantitative estimate of drug-likeness (QED) is 0.864. The van der Waals surface area contributed by atoms with Gasteiger partial charge in [0.15, 0.2) is 5.78 Å². The van der Waals surface area contributed by atoms with Crippen LogP contribution in [0.15, 0.2) is 24.3 Å². The molecule has 0 radical (unpaired) electrons. The van der Waals surface area contributed by atoms with Crippen LogP contribution in [0.25, 0.3) is 10.9 Å². The average molecular weight is 352 g/mol. The van der Waals surface area contributed by atoms with E-state index in [2.05, 4.69) is 16.8 Å². The number of aromatic nitrogens is 1. The Bertz CT molecular complexity index is 909. The van der Waals surface area contributed by atoms with Crippen molar-refractivity contribution in [3.63, 3.8) is 0 Å². The Hall–Kier alpha value is -2.14. The lowest BCUT2D eigenvalue weighted by Gasteiger charge is -2.47. The number of nitrogens with one attached hydrogen (secondary N) is 1. The second-order valence-corrected chi connectivity index (χ2v) is 8.30. The van der Waals surface area contributed by atoms with Gasteiger partial charge in [0, 0.05) is 36.0 Å². The maximum atomic E-state index is 12.8. The number of Topliss-reactive ketones (excluding diaryl/α,β-unsaturated/α-hetero) is 1. The summed E-state index contributed by atoms with van der Waals surface area (Å²) in [7, 11) is 0. The lowest BCUT2D eigenvalue weighted by molar-refractivity contribution is 0.0763. The molecule has 1 spiro atoms. The Morgan fingerprint density at radius 2 is 2.15 bits per heavy atom. The minimum atomic E-state index is -0.0106. The highest BCUT2D eigenvalue weighted by atomic mass is 16.5. The van der Waals surface area contributed by atoms with Gasteiger partial charge in [-0.1, -0.05) is 19.1 Å². The van der Waals surface area contributed by atoms with Gasteiger partial charge in [0.05, 0.1) is 12.1 Å². The molecule has 5 nitrogen and oxygen atoms in total. The third kappa shape index (κ3) is 2.26. The molecule has 0 bridgehead atoms. The summed E-state index contributed by atoms with van der Waals surface area (Å²) >= 11 is 0. The monoisotopic (exact) mass is 352 g/mol. The number of amides is 1. The first-order valence-electron chi connectivity index (χ1n) is 9.62. The van der Waals surface area contributed by atoms with E-state index >= 15 is 0 Å². The van der Waals surface area contributed by atoms with E-state index in [1.807, 2.05) is 24.3 Å². The molecule has 1 saturated heterocycles. The van der Waals surface area contributed by atoms with Crippen molar-refractivity contribution in [2.24, 2.45) is 11.8 Å². The maximum Gasteiger partial charge on any atom is 0.268 e. The third-order valence-electron chi connectivity index (χ3n) is 6.66. The van der Waals surface area contributed by atoms with Gasteiger partial charge in [0.25, 0.3) is 5.91 Å². The van der Waals surface area contributed by atoms with E-state index in [9.17, 15) is 9.59 Å². The molecule has 5 rings (SSSR count). The van der Waals surface area contributed by atoms with Crippen LogP contribution in [0.5, 0.6) is 0 Å². The first-order valence-corrected chi connectivity index (χ1v) is 9.62. The normalized spacial score (nSPS) is 26.6. The predicted molar refractivity (Wildman–Crippen MR) is 98.5 cm³/mol. The van der Waals surface area contributed by atoms with Gasteiger partial charge in [-0.3, -0.25) is 9.59 Å². The van der Waals surface area contributed by atoms with Crippen LogP contribution in [0.1, 0.15) is 53.5 Å². The number of rotatable bonds is 3. The van der Waals surface area contributed by atoms with Crippen molar-refractivity contribution in [3.05, 3.63) is 35.5 Å². The van der Waals surface area contributed by atoms with Crippen LogP contribution < -0.4 is 5.32 Å². The summed E-state index contributed by atoms with van der Waals surface area (Å²) < 4.78 is 7.71. The topological polar surface area (TPSA) is 60.3 Å². The molecule has 2 aliphatic heterocycles. The lowest BCUT2D eigenvalue weighted by atomic mass is 9.75. The summed E-state index contributed by atoms with van der Waals surface area (Å²) in [6, 6.07) is 7.86. The summed E-state index contributed by atoms with van der Waals surface area (Å²) in [5, 5.41) is 4.08. The van der Waals surface area contributed by atoms with Crippen LogP contribution in [0.2, 0.25) is 0 Å². The van der Waals surface area contributed by atoms with Gasteiger partial charge in [-0.15, -0.1) is 0 Å². The molecule has 5 heteroatoms. The predicted octanol–water partition coefficient (Wildman–Crippen LogP) is 3.12. The van der Waals surface area contributed by atoms with Crippen LogP contribution in [0, 0.1) is 11.8 Å². The molecular formula is C21H24N2O3. The Kier molecular flexibility index (Phi) is 3.51. The highest BCUT2D eigenvalue weighted by Gasteiger charge is 2.44. The second kappa shape index (κ2) is 5.68. The zero-order chi connectivity index (χ0) is 17.9. The van der Waals surface area contributed by atoms with Crippen LogP contribution >= 0.6 is 0 Å². The molecule has 1 aromatic heterocycles. The molecule has 2 aromatic rings. The highest BCUT2D eigenvalue weighted by Crippen LogP contribution is 2.44. The van der Waals surface area contributed by atoms with Crippen molar-refractivity contribution in [1.29, 1.82) is 0 Å². The van der Waals surface area contributed by atoms with Crippen LogP contribution in [0.4, 0.5) is 0 Å². The summed E-state index contributed by atoms with van der Waals surface area (Å²) in [5.74, 6) is 0.908. The number of fused-ring (bicyclic) bond motifs is 4. The first kappa shape index (κ1) is 16.1. The zero-order valence-electron chi connectivity index (χ0n) is 15.1. The molecule has 26 heavy (non-hydrogen) atoms. The maximum absolute atomic E-state index is 12.8. The number of benzene rings is 1. The second-order valence-electron chi connectivity index (χ2n) is 8.30. The number of ether oxygens (including phenoxy) is 1. The molecule has 1 amide bonds. The number of nitrogens with zero attached hydrogens (tertiary/aromatic N) is 1. The van der Waals surface area contributed by atoms with Gasteiger partial charge < -0.3 is 14.6 Å². The van der Waals surface area contributed by atoms with Gasteiger partial charge in [0.2, 0.25) is 0 Å². The average Bonchev–Trinajstić information content (AvgIpc) is 3.18. The van der Waals surface area contributed by atoms with Crippen molar-refractivity contribution in [3.8, 4) is 0 Å². The van der Waals surface area contributed by atoms with Crippen LogP contribution in [-0.2, 0) is 10.3 Å². The van der Waals surface area contributed by atoms with Crippen molar-refractivity contribution in [2.75, 3.05) is 19.8 Å². The molecule has 2 unspecified atom stereocenters. The molecule has 1 N–H and O–H groups in total. The van der Waals surface area contributed by atoms with E-state index in [-0.39, 0.29) is 17.2 Å². The number of hydrogen-bond donors (Lipinski definition) is 1. The van der Waals surface area contributed by atoms with Crippen molar-refractivity contribution in [2.45, 2.75) is 38.1 Å². The molecular weight excluding hydrogens is 328 g/mol. The summed E-state index contributed by atoms with van der Waals surface area (Å²) in [5.41, 5.74) is 2.50. The lowest BCUT2D eigenvalue weighted by Crippen LogP contribution is -2.55. The fourth-order valence-corrected chi connectivity index (χ4v) is 4.77. The minimum absolute atomic E-state index is 0.000467. The van der Waals surface area contributed by atoms with Gasteiger partial charge >= 0.3 is 0 Å². The van der Waals surface area contributed by atoms with Crippen molar-refractivity contribution in [1.82, 2.24) is 9.88 Å². The minimum Gasteiger partial charge on any atom is -0.381 e. The van der Waals surface area contributed by atoms with E-state index in [4.69, 9.17) is 4.74 Å². The first-order chi connectivity index (χ1) is 12.6. The van der Waals surface area contributed by atoms with Gasteiger partial charge in [0.1, 0.15) is 5.69 Å². The van der Waals surface area contributed by atoms with Gasteiger partial charge in [-0.25, -0.2) is 0 Å². The van der Waals surface area contributed by atoms with E-state index in [0.717, 1.165) is 41.6 Å². The number of hydrogen-bond acceptors (Lipinski definition) is 3. The smallest absolute Gasteiger partial charge is 0.268 e. The van der Waals surface area contributed by atoms with E-state index < -0.39 is 0 Å². The molecule has 1 saturated carbocycles. The fraction of sp³-hybridized carbons (Fsp3) is 0.524. The Balaban J connectivity index is 1.54. The molecule has 3 aliphatic rings. The van der Waals surface area contributed by atoms with E-state index in [1.165, 1.54) is 6.42 Å². The summed E-state index contributed by atoms with van der Waals surface area (Å²) in [6.07, 6.45) is 3.89. The zero-order valence-corrected chi connectivity index (χ0v) is 15.1. The molecule has 1 aromatic carbocycles. The molecule has 3 heterocycles. The highest BCUT2D eigenvalue weighted by molar-refractivity contribution is 6.03. The largest absolute Gasteiger partial charge is 0.381 e. The van der Waals surface area contributed by atoms with Crippen LogP contribution in [0.3, 0.4) is 0 Å². The molecule has 2 fully saturated rings. The van der Waals surface area contributed by atoms with Gasteiger partial charge in [-0.2, -0.15) is 0 Å². The van der Waals surface area contributed by atoms with Crippen LogP contribution in [-0.4, -0.2) is 36.0 Å². The number of carbonyl (C=O) groups is 2. The van der Waals surface area contributed by atoms with E-state index in [0.29, 0.717) is 31.4 Å². The van der Waals surface area contributed by atoms with Crippen molar-refractivity contribution >= 4 is 22.6 Å². The standard InChI is InChI=1S/C21H24N2O3/c1-13-10-26-11-16(13)9-19(24)15-4-3-14-7-18-20(25)22-12-21(5-2-6-21)23(18)17(14)8-15/h3-4,7-8,13,16H,2,5-6,9-12H2,1H3,(H,22,25). The van der Waals surface area contributed by atoms with Crippen molar-refractivity contribution < 1.29 is 14.3 Å². The summed E-state index contributed by atoms with van der Waals surface area (Å²) in [6.45, 7) is 4.27. The Morgan fingerprint density at radius 3 is 2.85 bits per heavy atom. The van der Waals surface area contributed by atoms with E-state index in [1.54, 1.807) is 0 Å². The Morgan fingerprint density at radius 1 is 1.31 bits per heavy atom. The molecule has 2 atom stereocenters. The number of carbonyl (C=O) groups excluding carboxylic acids is 2. The third-order valence-corrected chi connectivity index (χ3v) is 6.66.